The van der Waals surface area contributed by atoms with Gasteiger partial charge in [0.05, 0.1) is 26.5 Å². The molecule has 0 unspecified atom stereocenters. The number of benzene rings is 1. The van der Waals surface area contributed by atoms with Gasteiger partial charge in [-0.15, -0.1) is 0 Å². The van der Waals surface area contributed by atoms with Crippen LogP contribution in [0.1, 0.15) is 23.0 Å². The summed E-state index contributed by atoms with van der Waals surface area (Å²) >= 11 is 17.9. The molecule has 6 nitrogen and oxygen atoms in total. The van der Waals surface area contributed by atoms with Crippen LogP contribution in [0.3, 0.4) is 0 Å². The Morgan fingerprint density at radius 3 is 2.48 bits per heavy atom. The van der Waals surface area contributed by atoms with Crippen LogP contribution in [0.25, 0.3) is 11.3 Å². The van der Waals surface area contributed by atoms with E-state index >= 15 is 0 Å². The molecule has 1 aromatic carbocycles. The molecule has 3 aromatic rings. The summed E-state index contributed by atoms with van der Waals surface area (Å²) in [5.41, 5.74) is 0.170. The van der Waals surface area contributed by atoms with Gasteiger partial charge in [-0.05, 0) is 31.2 Å². The second kappa shape index (κ2) is 8.86. The van der Waals surface area contributed by atoms with Gasteiger partial charge in [0.25, 0.3) is 0 Å². The first-order valence-electron chi connectivity index (χ1n) is 8.51. The summed E-state index contributed by atoms with van der Waals surface area (Å²) < 4.78 is 7.39. The van der Waals surface area contributed by atoms with Crippen molar-refractivity contribution < 1.29 is 14.6 Å². The maximum absolute atomic E-state index is 12.6. The minimum Gasteiger partial charge on any atom is -0.477 e. The van der Waals surface area contributed by atoms with Crippen LogP contribution in [-0.2, 0) is 13.2 Å². The predicted molar refractivity (Wildman–Crippen MR) is 112 cm³/mol. The molecule has 9 heteroatoms. The third kappa shape index (κ3) is 4.56. The normalized spacial score (nSPS) is 10.8. The lowest BCUT2D eigenvalue weighted by Gasteiger charge is -2.20. The standard InChI is InChI=1S/C20H15Cl3N2O4/c1-2-25-17(29-10-13-5-4-12(21)9-24-13)8-16(26)18(20(27)28)19(25)11-3-6-14(22)15(23)7-11/h3-9H,2,10H2,1H3,(H,27,28). The van der Waals surface area contributed by atoms with E-state index in [1.165, 1.54) is 12.3 Å². The summed E-state index contributed by atoms with van der Waals surface area (Å²) in [6.07, 6.45) is 1.49. The molecular formula is C20H15Cl3N2O4. The molecule has 150 valence electrons. The molecule has 29 heavy (non-hydrogen) atoms. The predicted octanol–water partition coefficient (Wildman–Crippen LogP) is 5.17. The summed E-state index contributed by atoms with van der Waals surface area (Å²) in [7, 11) is 0. The number of carboxylic acids is 1. The Morgan fingerprint density at radius 2 is 1.90 bits per heavy atom. The van der Waals surface area contributed by atoms with Crippen molar-refractivity contribution in [3.05, 3.63) is 79.1 Å². The zero-order chi connectivity index (χ0) is 21.1. The highest BCUT2D eigenvalue weighted by atomic mass is 35.5. The number of carbonyl (C=O) groups is 1. The van der Waals surface area contributed by atoms with Gasteiger partial charge in [-0.3, -0.25) is 9.78 Å². The Kier molecular flexibility index (Phi) is 6.47. The molecule has 2 heterocycles. The molecule has 2 aromatic heterocycles. The number of rotatable bonds is 6. The Labute approximate surface area is 181 Å². The van der Waals surface area contributed by atoms with Gasteiger partial charge in [0.15, 0.2) is 5.88 Å². The summed E-state index contributed by atoms with van der Waals surface area (Å²) in [5.74, 6) is -1.13. The summed E-state index contributed by atoms with van der Waals surface area (Å²) in [4.78, 5) is 28.6. The van der Waals surface area contributed by atoms with Crippen molar-refractivity contribution in [2.45, 2.75) is 20.1 Å². The lowest BCUT2D eigenvalue weighted by atomic mass is 10.0. The molecule has 0 aliphatic rings. The van der Waals surface area contributed by atoms with E-state index in [0.29, 0.717) is 27.8 Å². The van der Waals surface area contributed by atoms with E-state index in [4.69, 9.17) is 39.5 Å². The van der Waals surface area contributed by atoms with E-state index in [0.717, 1.165) is 6.07 Å². The molecule has 0 amide bonds. The molecule has 0 radical (unpaired) electrons. The number of aromatic nitrogens is 2. The second-order valence-corrected chi connectivity index (χ2v) is 7.26. The van der Waals surface area contributed by atoms with Crippen LogP contribution in [0.4, 0.5) is 0 Å². The first-order valence-corrected chi connectivity index (χ1v) is 9.65. The quantitative estimate of drug-likeness (QED) is 0.557. The van der Waals surface area contributed by atoms with Gasteiger partial charge in [0, 0.05) is 24.4 Å². The van der Waals surface area contributed by atoms with Gasteiger partial charge in [0.2, 0.25) is 5.43 Å². The first-order chi connectivity index (χ1) is 13.8. The maximum atomic E-state index is 12.6. The van der Waals surface area contributed by atoms with Crippen molar-refractivity contribution in [1.82, 2.24) is 9.55 Å². The van der Waals surface area contributed by atoms with E-state index < -0.39 is 11.4 Å². The molecule has 0 saturated carbocycles. The summed E-state index contributed by atoms with van der Waals surface area (Å²) in [6, 6.07) is 9.19. The highest BCUT2D eigenvalue weighted by molar-refractivity contribution is 6.42. The number of carboxylic acid groups (broad SMARTS) is 1. The Morgan fingerprint density at radius 1 is 1.14 bits per heavy atom. The lowest BCUT2D eigenvalue weighted by molar-refractivity contribution is 0.0695. The smallest absolute Gasteiger partial charge is 0.341 e. The highest BCUT2D eigenvalue weighted by Gasteiger charge is 2.23. The zero-order valence-corrected chi connectivity index (χ0v) is 17.4. The lowest BCUT2D eigenvalue weighted by Crippen LogP contribution is -2.22. The van der Waals surface area contributed by atoms with Gasteiger partial charge in [-0.2, -0.15) is 0 Å². The molecule has 0 bridgehead atoms. The van der Waals surface area contributed by atoms with E-state index in [2.05, 4.69) is 4.98 Å². The second-order valence-electron chi connectivity index (χ2n) is 6.01. The molecule has 0 spiro atoms. The monoisotopic (exact) mass is 452 g/mol. The molecule has 0 atom stereocenters. The SMILES string of the molecule is CCn1c(OCc2ccc(Cl)cn2)cc(=O)c(C(=O)O)c1-c1ccc(Cl)c(Cl)c1. The minimum atomic E-state index is -1.34. The van der Waals surface area contributed by atoms with E-state index in [1.807, 2.05) is 6.92 Å². The van der Waals surface area contributed by atoms with Crippen LogP contribution in [0.2, 0.25) is 15.1 Å². The number of hydrogen-bond donors (Lipinski definition) is 1. The van der Waals surface area contributed by atoms with Gasteiger partial charge in [-0.25, -0.2) is 4.79 Å². The number of nitrogens with zero attached hydrogens (tertiary/aromatic N) is 2. The molecule has 0 fully saturated rings. The number of halogens is 3. The topological polar surface area (TPSA) is 81.4 Å². The fourth-order valence-corrected chi connectivity index (χ4v) is 3.26. The third-order valence-corrected chi connectivity index (χ3v) is 5.12. The Balaban J connectivity index is 2.14. The van der Waals surface area contributed by atoms with E-state index in [-0.39, 0.29) is 28.8 Å². The van der Waals surface area contributed by atoms with E-state index in [9.17, 15) is 14.7 Å². The van der Waals surface area contributed by atoms with Gasteiger partial charge < -0.3 is 14.4 Å². The fourth-order valence-electron chi connectivity index (χ4n) is 2.85. The van der Waals surface area contributed by atoms with Crippen LogP contribution in [0.5, 0.6) is 5.88 Å². The number of pyridine rings is 2. The van der Waals surface area contributed by atoms with Crippen molar-refractivity contribution in [3.8, 4) is 17.1 Å². The maximum Gasteiger partial charge on any atom is 0.341 e. The minimum absolute atomic E-state index is 0.0733. The molecular weight excluding hydrogens is 439 g/mol. The van der Waals surface area contributed by atoms with Crippen molar-refractivity contribution in [1.29, 1.82) is 0 Å². The summed E-state index contributed by atoms with van der Waals surface area (Å²) in [5, 5.41) is 10.7. The molecule has 0 aliphatic carbocycles. The van der Waals surface area contributed by atoms with Crippen LogP contribution in [0.15, 0.2) is 47.4 Å². The fraction of sp³-hybridized carbons (Fsp3) is 0.150. The molecule has 3 rings (SSSR count). The highest BCUT2D eigenvalue weighted by Crippen LogP contribution is 2.32. The van der Waals surface area contributed by atoms with Crippen molar-refractivity contribution in [3.63, 3.8) is 0 Å². The molecule has 1 N–H and O–H groups in total. The van der Waals surface area contributed by atoms with E-state index in [1.54, 1.807) is 28.8 Å². The Bertz CT molecular complexity index is 1130. The van der Waals surface area contributed by atoms with Crippen LogP contribution >= 0.6 is 34.8 Å². The van der Waals surface area contributed by atoms with Crippen LogP contribution in [-0.4, -0.2) is 20.6 Å². The zero-order valence-electron chi connectivity index (χ0n) is 15.2. The van der Waals surface area contributed by atoms with Crippen molar-refractivity contribution in [2.24, 2.45) is 0 Å². The first kappa shape index (κ1) is 21.2. The van der Waals surface area contributed by atoms with Crippen LogP contribution in [0, 0.1) is 0 Å². The summed E-state index contributed by atoms with van der Waals surface area (Å²) in [6.45, 7) is 2.23. The molecule has 0 aliphatic heterocycles. The average Bonchev–Trinajstić information content (AvgIpc) is 2.68. The van der Waals surface area contributed by atoms with Gasteiger partial charge in [0.1, 0.15) is 12.2 Å². The third-order valence-electron chi connectivity index (χ3n) is 4.15. The average molecular weight is 454 g/mol. The molecule has 0 saturated heterocycles. The largest absolute Gasteiger partial charge is 0.477 e. The van der Waals surface area contributed by atoms with Crippen LogP contribution < -0.4 is 10.2 Å². The number of hydrogen-bond acceptors (Lipinski definition) is 4. The van der Waals surface area contributed by atoms with Crippen molar-refractivity contribution in [2.75, 3.05) is 0 Å². The van der Waals surface area contributed by atoms with Crippen molar-refractivity contribution >= 4 is 40.8 Å². The van der Waals surface area contributed by atoms with Gasteiger partial charge >= 0.3 is 5.97 Å². The van der Waals surface area contributed by atoms with Gasteiger partial charge in [-0.1, -0.05) is 40.9 Å². The number of aromatic carboxylic acids is 1. The Hall–Kier alpha value is -2.54. The number of ether oxygens (including phenoxy) is 1.